The highest BCUT2D eigenvalue weighted by Crippen LogP contribution is 2.20. The number of hydrogen-bond donors (Lipinski definition) is 0. The summed E-state index contributed by atoms with van der Waals surface area (Å²) in [6, 6.07) is 0.560. The molecule has 0 bridgehead atoms. The number of carbonyl (C=O) groups excluding carboxylic acids is 1. The second-order valence-corrected chi connectivity index (χ2v) is 4.45. The molecule has 1 unspecified atom stereocenters. The first-order chi connectivity index (χ1) is 6.74. The van der Waals surface area contributed by atoms with Gasteiger partial charge in [-0.2, -0.15) is 0 Å². The molecular formula is C12H23NO. The van der Waals surface area contributed by atoms with E-state index in [4.69, 9.17) is 0 Å². The lowest BCUT2D eigenvalue weighted by atomic mass is 10.1. The van der Waals surface area contributed by atoms with Crippen LogP contribution in [0.5, 0.6) is 0 Å². The molecule has 1 saturated heterocycles. The summed E-state index contributed by atoms with van der Waals surface area (Å²) in [7, 11) is 0. The van der Waals surface area contributed by atoms with Gasteiger partial charge in [-0.3, -0.25) is 9.69 Å². The number of carbonyl (C=O) groups is 1. The summed E-state index contributed by atoms with van der Waals surface area (Å²) < 4.78 is 0. The predicted octanol–water partition coefficient (Wildman–Crippen LogP) is 2.62. The zero-order valence-electron chi connectivity index (χ0n) is 9.59. The third-order valence-electron chi connectivity index (χ3n) is 3.07. The molecule has 14 heavy (non-hydrogen) atoms. The Morgan fingerprint density at radius 2 is 2.21 bits per heavy atom. The van der Waals surface area contributed by atoms with Crippen LogP contribution in [0.3, 0.4) is 0 Å². The van der Waals surface area contributed by atoms with Gasteiger partial charge in [0, 0.05) is 12.5 Å². The Kier molecular flexibility index (Phi) is 5.16. The van der Waals surface area contributed by atoms with Gasteiger partial charge in [0.25, 0.3) is 0 Å². The maximum Gasteiger partial charge on any atom is 0.131 e. The number of nitrogens with zero attached hydrogens (tertiary/aromatic N) is 1. The van der Waals surface area contributed by atoms with Crippen molar-refractivity contribution in [1.82, 2.24) is 4.90 Å². The molecule has 0 aliphatic carbocycles. The summed E-state index contributed by atoms with van der Waals surface area (Å²) >= 11 is 0. The molecule has 1 rings (SSSR count). The van der Waals surface area contributed by atoms with Gasteiger partial charge in [0.15, 0.2) is 0 Å². The van der Waals surface area contributed by atoms with Gasteiger partial charge < -0.3 is 0 Å². The maximum absolute atomic E-state index is 11.0. The lowest BCUT2D eigenvalue weighted by Gasteiger charge is -2.23. The Bertz CT molecular complexity index is 179. The van der Waals surface area contributed by atoms with Gasteiger partial charge in [0.2, 0.25) is 0 Å². The van der Waals surface area contributed by atoms with Crippen molar-refractivity contribution in [2.45, 2.75) is 58.4 Å². The fraction of sp³-hybridized carbons (Fsp3) is 0.917. The molecule has 0 saturated carbocycles. The van der Waals surface area contributed by atoms with Gasteiger partial charge in [0.05, 0.1) is 0 Å². The Morgan fingerprint density at radius 1 is 1.43 bits per heavy atom. The van der Waals surface area contributed by atoms with Crippen molar-refractivity contribution in [1.29, 1.82) is 0 Å². The number of rotatable bonds is 6. The summed E-state index contributed by atoms with van der Waals surface area (Å²) in [5, 5.41) is 0. The molecule has 1 heterocycles. The van der Waals surface area contributed by atoms with Crippen molar-refractivity contribution < 1.29 is 4.79 Å². The minimum Gasteiger partial charge on any atom is -0.300 e. The van der Waals surface area contributed by atoms with Gasteiger partial charge in [-0.25, -0.2) is 0 Å². The lowest BCUT2D eigenvalue weighted by molar-refractivity contribution is -0.118. The normalized spacial score (nSPS) is 22.9. The molecule has 0 N–H and O–H groups in total. The van der Waals surface area contributed by atoms with Crippen LogP contribution in [-0.2, 0) is 4.79 Å². The molecular weight excluding hydrogens is 174 g/mol. The standard InChI is InChI=1S/C12H23NO/c1-3-4-5-8-13-9-6-7-12(13)10-11(2)14/h12H,3-10H2,1-2H3. The summed E-state index contributed by atoms with van der Waals surface area (Å²) in [6.07, 6.45) is 7.18. The summed E-state index contributed by atoms with van der Waals surface area (Å²) in [6.45, 7) is 6.35. The fourth-order valence-corrected chi connectivity index (χ4v) is 2.32. The van der Waals surface area contributed by atoms with Crippen LogP contribution in [0, 0.1) is 0 Å². The van der Waals surface area contributed by atoms with E-state index in [1.165, 1.54) is 45.2 Å². The van der Waals surface area contributed by atoms with E-state index in [2.05, 4.69) is 11.8 Å². The maximum atomic E-state index is 11.0. The number of hydrogen-bond acceptors (Lipinski definition) is 2. The smallest absolute Gasteiger partial charge is 0.131 e. The van der Waals surface area contributed by atoms with Crippen molar-refractivity contribution in [3.63, 3.8) is 0 Å². The minimum absolute atomic E-state index is 0.345. The molecule has 0 amide bonds. The average molecular weight is 197 g/mol. The zero-order chi connectivity index (χ0) is 10.4. The van der Waals surface area contributed by atoms with Gasteiger partial charge >= 0.3 is 0 Å². The Hall–Kier alpha value is -0.370. The quantitative estimate of drug-likeness (QED) is 0.610. The van der Waals surface area contributed by atoms with Crippen molar-refractivity contribution in [3.05, 3.63) is 0 Å². The zero-order valence-corrected chi connectivity index (χ0v) is 9.59. The number of likely N-dealkylation sites (tertiary alicyclic amines) is 1. The van der Waals surface area contributed by atoms with Crippen LogP contribution in [0.25, 0.3) is 0 Å². The molecule has 0 aromatic rings. The molecule has 82 valence electrons. The Balaban J connectivity index is 2.24. The van der Waals surface area contributed by atoms with Crippen molar-refractivity contribution >= 4 is 5.78 Å². The van der Waals surface area contributed by atoms with Crippen LogP contribution in [0.1, 0.15) is 52.4 Å². The van der Waals surface area contributed by atoms with Crippen LogP contribution in [0.2, 0.25) is 0 Å². The highest BCUT2D eigenvalue weighted by Gasteiger charge is 2.24. The van der Waals surface area contributed by atoms with E-state index < -0.39 is 0 Å². The van der Waals surface area contributed by atoms with E-state index in [0.29, 0.717) is 11.8 Å². The summed E-state index contributed by atoms with van der Waals surface area (Å²) in [5.41, 5.74) is 0. The van der Waals surface area contributed by atoms with E-state index in [0.717, 1.165) is 6.42 Å². The molecule has 0 aromatic heterocycles. The molecule has 1 fully saturated rings. The third kappa shape index (κ3) is 3.79. The average Bonchev–Trinajstić information content (AvgIpc) is 2.52. The second-order valence-electron chi connectivity index (χ2n) is 4.45. The van der Waals surface area contributed by atoms with Gasteiger partial charge in [-0.05, 0) is 39.3 Å². The first kappa shape index (κ1) is 11.7. The largest absolute Gasteiger partial charge is 0.300 e. The molecule has 0 aromatic carbocycles. The Morgan fingerprint density at radius 3 is 2.86 bits per heavy atom. The predicted molar refractivity (Wildman–Crippen MR) is 59.4 cm³/mol. The van der Waals surface area contributed by atoms with Crippen LogP contribution < -0.4 is 0 Å². The Labute approximate surface area is 87.7 Å². The molecule has 2 nitrogen and oxygen atoms in total. The van der Waals surface area contributed by atoms with Crippen LogP contribution in [0.15, 0.2) is 0 Å². The van der Waals surface area contributed by atoms with Crippen molar-refractivity contribution in [2.75, 3.05) is 13.1 Å². The van der Waals surface area contributed by atoms with E-state index in [-0.39, 0.29) is 0 Å². The van der Waals surface area contributed by atoms with E-state index in [1.807, 2.05) is 0 Å². The van der Waals surface area contributed by atoms with Crippen LogP contribution in [-0.4, -0.2) is 29.8 Å². The monoisotopic (exact) mass is 197 g/mol. The topological polar surface area (TPSA) is 20.3 Å². The molecule has 1 aliphatic rings. The molecule has 0 radical (unpaired) electrons. The second kappa shape index (κ2) is 6.18. The summed E-state index contributed by atoms with van der Waals surface area (Å²) in [4.78, 5) is 13.6. The molecule has 2 heteroatoms. The van der Waals surface area contributed by atoms with Crippen LogP contribution in [0.4, 0.5) is 0 Å². The number of Topliss-reactive ketones (excluding diaryl/α,β-unsaturated/α-hetero) is 1. The molecule has 1 atom stereocenters. The van der Waals surface area contributed by atoms with E-state index in [1.54, 1.807) is 6.92 Å². The van der Waals surface area contributed by atoms with Gasteiger partial charge in [-0.15, -0.1) is 0 Å². The van der Waals surface area contributed by atoms with Gasteiger partial charge in [-0.1, -0.05) is 19.8 Å². The number of unbranched alkanes of at least 4 members (excludes halogenated alkanes) is 2. The van der Waals surface area contributed by atoms with Crippen LogP contribution >= 0.6 is 0 Å². The fourth-order valence-electron chi connectivity index (χ4n) is 2.32. The van der Waals surface area contributed by atoms with Crippen molar-refractivity contribution in [2.24, 2.45) is 0 Å². The minimum atomic E-state index is 0.345. The molecule has 1 aliphatic heterocycles. The highest BCUT2D eigenvalue weighted by molar-refractivity contribution is 5.76. The van der Waals surface area contributed by atoms with E-state index in [9.17, 15) is 4.79 Å². The first-order valence-electron chi connectivity index (χ1n) is 5.97. The third-order valence-corrected chi connectivity index (χ3v) is 3.07. The molecule has 0 spiro atoms. The van der Waals surface area contributed by atoms with Crippen molar-refractivity contribution in [3.8, 4) is 0 Å². The first-order valence-corrected chi connectivity index (χ1v) is 5.97. The number of ketones is 1. The SMILES string of the molecule is CCCCCN1CCCC1CC(C)=O. The summed E-state index contributed by atoms with van der Waals surface area (Å²) in [5.74, 6) is 0.345. The van der Waals surface area contributed by atoms with E-state index >= 15 is 0 Å². The van der Waals surface area contributed by atoms with Gasteiger partial charge in [0.1, 0.15) is 5.78 Å². The lowest BCUT2D eigenvalue weighted by Crippen LogP contribution is -2.31. The highest BCUT2D eigenvalue weighted by atomic mass is 16.1.